The smallest absolute Gasteiger partial charge is 0.254 e. The minimum Gasteiger partial charge on any atom is -0.337 e. The molecule has 1 amide bonds. The van der Waals surface area contributed by atoms with Crippen LogP contribution in [-0.4, -0.2) is 36.5 Å². The molecule has 2 aromatic rings. The molecule has 110 valence electrons. The Kier molecular flexibility index (Phi) is 4.20. The van der Waals surface area contributed by atoms with Gasteiger partial charge in [0, 0.05) is 24.7 Å². The second kappa shape index (κ2) is 6.27. The lowest BCUT2D eigenvalue weighted by Crippen LogP contribution is -2.41. The summed E-state index contributed by atoms with van der Waals surface area (Å²) in [6.45, 7) is 4.68. The van der Waals surface area contributed by atoms with Crippen molar-refractivity contribution in [3.63, 3.8) is 0 Å². The van der Waals surface area contributed by atoms with E-state index in [1.807, 2.05) is 35.2 Å². The highest BCUT2D eigenvalue weighted by Crippen LogP contribution is 2.20. The second-order valence-electron chi connectivity index (χ2n) is 5.66. The standard InChI is InChI=1S/C18H22N2O/c1-2-20(13-15-9-6-12-19-15)18(21)17-11-5-8-14-7-3-4-10-16(14)17/h3-5,7-8,10-11,15,19H,2,6,9,12-13H2,1H3. The first-order valence-corrected chi connectivity index (χ1v) is 7.80. The van der Waals surface area contributed by atoms with Crippen molar-refractivity contribution >= 4 is 16.7 Å². The molecule has 21 heavy (non-hydrogen) atoms. The van der Waals surface area contributed by atoms with Crippen molar-refractivity contribution in [1.82, 2.24) is 10.2 Å². The van der Waals surface area contributed by atoms with Crippen LogP contribution in [0.25, 0.3) is 10.8 Å². The van der Waals surface area contributed by atoms with Crippen LogP contribution in [0.5, 0.6) is 0 Å². The third-order valence-electron chi connectivity index (χ3n) is 4.29. The number of amides is 1. The van der Waals surface area contributed by atoms with E-state index < -0.39 is 0 Å². The van der Waals surface area contributed by atoms with Gasteiger partial charge in [-0.15, -0.1) is 0 Å². The van der Waals surface area contributed by atoms with Crippen LogP contribution in [0, 0.1) is 0 Å². The predicted molar refractivity (Wildman–Crippen MR) is 86.6 cm³/mol. The van der Waals surface area contributed by atoms with E-state index in [1.54, 1.807) is 0 Å². The maximum atomic E-state index is 12.9. The number of nitrogens with one attached hydrogen (secondary N) is 1. The first-order valence-electron chi connectivity index (χ1n) is 7.80. The maximum Gasteiger partial charge on any atom is 0.254 e. The molecular weight excluding hydrogens is 260 g/mol. The molecule has 0 aliphatic carbocycles. The molecule has 1 fully saturated rings. The molecule has 0 bridgehead atoms. The van der Waals surface area contributed by atoms with Crippen molar-refractivity contribution in [3.05, 3.63) is 48.0 Å². The van der Waals surface area contributed by atoms with Crippen LogP contribution in [-0.2, 0) is 0 Å². The summed E-state index contributed by atoms with van der Waals surface area (Å²) < 4.78 is 0. The molecule has 2 aromatic carbocycles. The molecule has 1 unspecified atom stereocenters. The van der Waals surface area contributed by atoms with Crippen molar-refractivity contribution in [2.45, 2.75) is 25.8 Å². The molecular formula is C18H22N2O. The zero-order valence-electron chi connectivity index (χ0n) is 12.5. The zero-order chi connectivity index (χ0) is 14.7. The molecule has 1 N–H and O–H groups in total. The lowest BCUT2D eigenvalue weighted by molar-refractivity contribution is 0.0753. The normalized spacial score (nSPS) is 18.0. The van der Waals surface area contributed by atoms with Gasteiger partial charge in [-0.3, -0.25) is 4.79 Å². The van der Waals surface area contributed by atoms with Crippen LogP contribution in [0.2, 0.25) is 0 Å². The Morgan fingerprint density at radius 2 is 2.05 bits per heavy atom. The molecule has 0 radical (unpaired) electrons. The van der Waals surface area contributed by atoms with Crippen LogP contribution in [0.15, 0.2) is 42.5 Å². The molecule has 3 heteroatoms. The summed E-state index contributed by atoms with van der Waals surface area (Å²) in [6, 6.07) is 14.5. The number of nitrogens with zero attached hydrogens (tertiary/aromatic N) is 1. The highest BCUT2D eigenvalue weighted by atomic mass is 16.2. The van der Waals surface area contributed by atoms with Gasteiger partial charge in [0.15, 0.2) is 0 Å². The maximum absolute atomic E-state index is 12.9. The fraction of sp³-hybridized carbons (Fsp3) is 0.389. The molecule has 1 aliphatic rings. The summed E-state index contributed by atoms with van der Waals surface area (Å²) in [5.41, 5.74) is 0.813. The molecule has 1 saturated heterocycles. The van der Waals surface area contributed by atoms with E-state index in [1.165, 1.54) is 12.8 Å². The first-order chi connectivity index (χ1) is 10.3. The van der Waals surface area contributed by atoms with Gasteiger partial charge in [0.1, 0.15) is 0 Å². The number of carbonyl (C=O) groups is 1. The number of carbonyl (C=O) groups excluding carboxylic acids is 1. The van der Waals surface area contributed by atoms with Crippen molar-refractivity contribution < 1.29 is 4.79 Å². The number of likely N-dealkylation sites (N-methyl/N-ethyl adjacent to an activating group) is 1. The topological polar surface area (TPSA) is 32.3 Å². The highest BCUT2D eigenvalue weighted by Gasteiger charge is 2.22. The average Bonchev–Trinajstić information content (AvgIpc) is 3.04. The van der Waals surface area contributed by atoms with Crippen molar-refractivity contribution in [1.29, 1.82) is 0 Å². The number of benzene rings is 2. The minimum absolute atomic E-state index is 0.142. The summed E-state index contributed by atoms with van der Waals surface area (Å²) in [4.78, 5) is 14.8. The van der Waals surface area contributed by atoms with E-state index in [4.69, 9.17) is 0 Å². The molecule has 3 nitrogen and oxygen atoms in total. The lowest BCUT2D eigenvalue weighted by Gasteiger charge is -2.25. The Morgan fingerprint density at radius 1 is 1.24 bits per heavy atom. The van der Waals surface area contributed by atoms with Gasteiger partial charge in [0.2, 0.25) is 0 Å². The van der Waals surface area contributed by atoms with Gasteiger partial charge in [-0.2, -0.15) is 0 Å². The van der Waals surface area contributed by atoms with Crippen molar-refractivity contribution in [3.8, 4) is 0 Å². The SMILES string of the molecule is CCN(CC1CCCN1)C(=O)c1cccc2ccccc12. The zero-order valence-corrected chi connectivity index (χ0v) is 12.5. The summed E-state index contributed by atoms with van der Waals surface area (Å²) in [7, 11) is 0. The molecule has 0 saturated carbocycles. The summed E-state index contributed by atoms with van der Waals surface area (Å²) >= 11 is 0. The number of hydrogen-bond acceptors (Lipinski definition) is 2. The number of fused-ring (bicyclic) bond motifs is 1. The molecule has 0 spiro atoms. The first kappa shape index (κ1) is 14.1. The Balaban J connectivity index is 1.87. The Hall–Kier alpha value is -1.87. The van der Waals surface area contributed by atoms with Crippen LogP contribution < -0.4 is 5.32 Å². The Bertz CT molecular complexity index is 627. The molecule has 0 aromatic heterocycles. The quantitative estimate of drug-likeness (QED) is 0.934. The van der Waals surface area contributed by atoms with Crippen LogP contribution >= 0.6 is 0 Å². The third kappa shape index (κ3) is 2.93. The second-order valence-corrected chi connectivity index (χ2v) is 5.66. The highest BCUT2D eigenvalue weighted by molar-refractivity contribution is 6.07. The summed E-state index contributed by atoms with van der Waals surface area (Å²) in [6.07, 6.45) is 2.38. The third-order valence-corrected chi connectivity index (χ3v) is 4.29. The summed E-state index contributed by atoms with van der Waals surface area (Å²) in [5, 5.41) is 5.64. The van der Waals surface area contributed by atoms with Gasteiger partial charge >= 0.3 is 0 Å². The molecule has 1 heterocycles. The number of hydrogen-bond donors (Lipinski definition) is 1. The Morgan fingerprint density at radius 3 is 2.81 bits per heavy atom. The van der Waals surface area contributed by atoms with Gasteiger partial charge in [-0.05, 0) is 43.1 Å². The van der Waals surface area contributed by atoms with Gasteiger partial charge < -0.3 is 10.2 Å². The van der Waals surface area contributed by atoms with E-state index >= 15 is 0 Å². The van der Waals surface area contributed by atoms with Crippen LogP contribution in [0.1, 0.15) is 30.1 Å². The van der Waals surface area contributed by atoms with Gasteiger partial charge in [0.05, 0.1) is 0 Å². The van der Waals surface area contributed by atoms with Crippen molar-refractivity contribution in [2.24, 2.45) is 0 Å². The number of rotatable bonds is 4. The predicted octanol–water partition coefficient (Wildman–Crippen LogP) is 3.05. The largest absolute Gasteiger partial charge is 0.337 e. The van der Waals surface area contributed by atoms with Crippen LogP contribution in [0.3, 0.4) is 0 Å². The van der Waals surface area contributed by atoms with Gasteiger partial charge in [-0.25, -0.2) is 0 Å². The van der Waals surface area contributed by atoms with Gasteiger partial charge in [0.25, 0.3) is 5.91 Å². The summed E-state index contributed by atoms with van der Waals surface area (Å²) in [5.74, 6) is 0.142. The van der Waals surface area contributed by atoms with Crippen molar-refractivity contribution in [2.75, 3.05) is 19.6 Å². The fourth-order valence-electron chi connectivity index (χ4n) is 3.12. The monoisotopic (exact) mass is 282 g/mol. The average molecular weight is 282 g/mol. The fourth-order valence-corrected chi connectivity index (χ4v) is 3.12. The lowest BCUT2D eigenvalue weighted by atomic mass is 10.0. The van der Waals surface area contributed by atoms with E-state index in [0.29, 0.717) is 6.04 Å². The molecule has 1 aliphatic heterocycles. The molecule has 1 atom stereocenters. The molecule has 3 rings (SSSR count). The van der Waals surface area contributed by atoms with Gasteiger partial charge in [-0.1, -0.05) is 36.4 Å². The Labute approximate surface area is 125 Å². The van der Waals surface area contributed by atoms with E-state index in [0.717, 1.165) is 36.0 Å². The van der Waals surface area contributed by atoms with Crippen LogP contribution in [0.4, 0.5) is 0 Å². The van der Waals surface area contributed by atoms with E-state index in [9.17, 15) is 4.79 Å². The minimum atomic E-state index is 0.142. The van der Waals surface area contributed by atoms with E-state index in [-0.39, 0.29) is 5.91 Å². The van der Waals surface area contributed by atoms with E-state index in [2.05, 4.69) is 24.4 Å².